The summed E-state index contributed by atoms with van der Waals surface area (Å²) in [6.45, 7) is 1.58. The van der Waals surface area contributed by atoms with E-state index in [1.54, 1.807) is 24.3 Å². The highest BCUT2D eigenvalue weighted by molar-refractivity contribution is 9.09. The highest BCUT2D eigenvalue weighted by Gasteiger charge is 2.22. The molecule has 0 aliphatic carbocycles. The van der Waals surface area contributed by atoms with Crippen molar-refractivity contribution in [2.45, 2.75) is 17.7 Å². The molecule has 1 amide bonds. The lowest BCUT2D eigenvalue weighted by atomic mass is 10.1. The van der Waals surface area contributed by atoms with Crippen LogP contribution in [-0.4, -0.2) is 28.7 Å². The van der Waals surface area contributed by atoms with Gasteiger partial charge in [-0.2, -0.15) is 5.26 Å². The first kappa shape index (κ1) is 12.1. The lowest BCUT2D eigenvalue weighted by Crippen LogP contribution is -2.40. The lowest BCUT2D eigenvalue weighted by Gasteiger charge is -2.30. The van der Waals surface area contributed by atoms with Crippen LogP contribution in [0.3, 0.4) is 0 Å². The van der Waals surface area contributed by atoms with Crippen molar-refractivity contribution in [3.05, 3.63) is 35.4 Å². The van der Waals surface area contributed by atoms with E-state index >= 15 is 0 Å². The van der Waals surface area contributed by atoms with Crippen molar-refractivity contribution < 1.29 is 4.79 Å². The maximum Gasteiger partial charge on any atom is 0.253 e. The van der Waals surface area contributed by atoms with E-state index in [0.717, 1.165) is 25.9 Å². The van der Waals surface area contributed by atoms with Gasteiger partial charge in [0.25, 0.3) is 5.91 Å². The number of hydrogen-bond donors (Lipinski definition) is 0. The molecule has 1 heterocycles. The third kappa shape index (κ3) is 2.86. The van der Waals surface area contributed by atoms with E-state index in [2.05, 4.69) is 15.9 Å². The predicted molar refractivity (Wildman–Crippen MR) is 69.0 cm³/mol. The summed E-state index contributed by atoms with van der Waals surface area (Å²) in [5.74, 6) is 0.0543. The molecule has 0 spiro atoms. The Morgan fingerprint density at radius 1 is 1.41 bits per heavy atom. The summed E-state index contributed by atoms with van der Waals surface area (Å²) < 4.78 is 0. The van der Waals surface area contributed by atoms with Gasteiger partial charge >= 0.3 is 0 Å². The van der Waals surface area contributed by atoms with Gasteiger partial charge in [-0.1, -0.05) is 15.9 Å². The van der Waals surface area contributed by atoms with E-state index in [9.17, 15) is 4.79 Å². The summed E-state index contributed by atoms with van der Waals surface area (Å²) in [5.41, 5.74) is 1.24. The van der Waals surface area contributed by atoms with E-state index in [4.69, 9.17) is 5.26 Å². The molecule has 1 atom stereocenters. The number of halogens is 1. The minimum atomic E-state index is 0.0543. The molecule has 1 aliphatic rings. The summed E-state index contributed by atoms with van der Waals surface area (Å²) in [5, 5.41) is 8.70. The number of rotatable bonds is 1. The molecule has 4 heteroatoms. The summed E-state index contributed by atoms with van der Waals surface area (Å²) >= 11 is 3.56. The number of piperidine rings is 1. The molecule has 0 saturated carbocycles. The highest BCUT2D eigenvalue weighted by atomic mass is 79.9. The molecule has 0 N–H and O–H groups in total. The Bertz CT molecular complexity index is 449. The van der Waals surface area contributed by atoms with Gasteiger partial charge in [-0.15, -0.1) is 0 Å². The fourth-order valence-electron chi connectivity index (χ4n) is 1.98. The van der Waals surface area contributed by atoms with E-state index in [0.29, 0.717) is 16.0 Å². The molecule has 3 nitrogen and oxygen atoms in total. The van der Waals surface area contributed by atoms with Crippen LogP contribution >= 0.6 is 15.9 Å². The lowest BCUT2D eigenvalue weighted by molar-refractivity contribution is 0.0730. The van der Waals surface area contributed by atoms with E-state index in [1.165, 1.54) is 0 Å². The monoisotopic (exact) mass is 292 g/mol. The van der Waals surface area contributed by atoms with Gasteiger partial charge in [0.2, 0.25) is 0 Å². The minimum absolute atomic E-state index is 0.0543. The molecule has 0 radical (unpaired) electrons. The Morgan fingerprint density at radius 3 is 2.71 bits per heavy atom. The second-order valence-electron chi connectivity index (χ2n) is 4.18. The summed E-state index contributed by atoms with van der Waals surface area (Å²) in [7, 11) is 0. The number of nitrogens with zero attached hydrogens (tertiary/aromatic N) is 2. The molecule has 1 saturated heterocycles. The van der Waals surface area contributed by atoms with Crippen molar-refractivity contribution >= 4 is 21.8 Å². The Balaban J connectivity index is 2.11. The number of benzene rings is 1. The Labute approximate surface area is 109 Å². The molecule has 0 bridgehead atoms. The number of carbonyl (C=O) groups excluding carboxylic acids is 1. The van der Waals surface area contributed by atoms with E-state index in [-0.39, 0.29) is 5.91 Å². The first-order valence-corrected chi connectivity index (χ1v) is 6.56. The normalized spacial score (nSPS) is 19.8. The molecule has 0 aromatic heterocycles. The minimum Gasteiger partial charge on any atom is -0.338 e. The third-order valence-electron chi connectivity index (χ3n) is 2.91. The van der Waals surface area contributed by atoms with Crippen molar-refractivity contribution in [3.8, 4) is 6.07 Å². The van der Waals surface area contributed by atoms with Crippen LogP contribution in [0, 0.1) is 11.3 Å². The van der Waals surface area contributed by atoms with Crippen LogP contribution < -0.4 is 0 Å². The third-order valence-corrected chi connectivity index (χ3v) is 3.66. The molecule has 88 valence electrons. The number of nitriles is 1. The van der Waals surface area contributed by atoms with Crippen LogP contribution in [0.1, 0.15) is 28.8 Å². The highest BCUT2D eigenvalue weighted by Crippen LogP contribution is 2.19. The van der Waals surface area contributed by atoms with Crippen LogP contribution in [-0.2, 0) is 0 Å². The molecule has 1 fully saturated rings. The second kappa shape index (κ2) is 5.33. The van der Waals surface area contributed by atoms with E-state index in [1.807, 2.05) is 11.0 Å². The smallest absolute Gasteiger partial charge is 0.253 e. The average molecular weight is 293 g/mol. The van der Waals surface area contributed by atoms with Crippen molar-refractivity contribution in [2.24, 2.45) is 0 Å². The molecule has 1 aromatic carbocycles. The SMILES string of the molecule is N#Cc1ccc(C(=O)N2CCCC(Br)C2)cc1. The molecule has 1 aromatic rings. The van der Waals surface area contributed by atoms with Crippen LogP contribution in [0.2, 0.25) is 0 Å². The van der Waals surface area contributed by atoms with E-state index < -0.39 is 0 Å². The van der Waals surface area contributed by atoms with Gasteiger partial charge < -0.3 is 4.90 Å². The van der Waals surface area contributed by atoms with Crippen molar-refractivity contribution in [2.75, 3.05) is 13.1 Å². The van der Waals surface area contributed by atoms with Crippen LogP contribution in [0.5, 0.6) is 0 Å². The average Bonchev–Trinajstić information content (AvgIpc) is 2.38. The fourth-order valence-corrected chi connectivity index (χ4v) is 2.65. The first-order chi connectivity index (χ1) is 8.20. The van der Waals surface area contributed by atoms with Gasteiger partial charge in [-0.25, -0.2) is 0 Å². The van der Waals surface area contributed by atoms with Gasteiger partial charge in [0, 0.05) is 23.5 Å². The van der Waals surface area contributed by atoms with Crippen molar-refractivity contribution in [3.63, 3.8) is 0 Å². The number of likely N-dealkylation sites (tertiary alicyclic amines) is 1. The molecule has 1 unspecified atom stereocenters. The van der Waals surface area contributed by atoms with Crippen molar-refractivity contribution in [1.29, 1.82) is 5.26 Å². The maximum absolute atomic E-state index is 12.2. The molecule has 2 rings (SSSR count). The van der Waals surface area contributed by atoms with Gasteiger partial charge in [-0.05, 0) is 37.1 Å². The Morgan fingerprint density at radius 2 is 2.12 bits per heavy atom. The van der Waals surface area contributed by atoms with Gasteiger partial charge in [-0.3, -0.25) is 4.79 Å². The standard InChI is InChI=1S/C13H13BrN2O/c14-12-2-1-7-16(9-12)13(17)11-5-3-10(8-15)4-6-11/h3-6,12H,1-2,7,9H2. The van der Waals surface area contributed by atoms with Gasteiger partial charge in [0.1, 0.15) is 0 Å². The number of carbonyl (C=O) groups is 1. The Hall–Kier alpha value is -1.34. The zero-order valence-corrected chi connectivity index (χ0v) is 11.0. The Kier molecular flexibility index (Phi) is 3.80. The number of hydrogen-bond acceptors (Lipinski definition) is 2. The summed E-state index contributed by atoms with van der Waals surface area (Å²) in [6, 6.07) is 8.86. The fraction of sp³-hybridized carbons (Fsp3) is 0.385. The topological polar surface area (TPSA) is 44.1 Å². The zero-order valence-electron chi connectivity index (χ0n) is 9.40. The van der Waals surface area contributed by atoms with Crippen LogP contribution in [0.15, 0.2) is 24.3 Å². The predicted octanol–water partition coefficient (Wildman–Crippen LogP) is 2.56. The quantitative estimate of drug-likeness (QED) is 0.747. The van der Waals surface area contributed by atoms with Gasteiger partial charge in [0.05, 0.1) is 11.6 Å². The largest absolute Gasteiger partial charge is 0.338 e. The molecule has 17 heavy (non-hydrogen) atoms. The van der Waals surface area contributed by atoms with Crippen LogP contribution in [0.4, 0.5) is 0 Å². The second-order valence-corrected chi connectivity index (χ2v) is 5.47. The molecule has 1 aliphatic heterocycles. The number of amides is 1. The maximum atomic E-state index is 12.2. The number of alkyl halides is 1. The molecular weight excluding hydrogens is 280 g/mol. The zero-order chi connectivity index (χ0) is 12.3. The van der Waals surface area contributed by atoms with Crippen molar-refractivity contribution in [1.82, 2.24) is 4.90 Å². The van der Waals surface area contributed by atoms with Crippen LogP contribution in [0.25, 0.3) is 0 Å². The van der Waals surface area contributed by atoms with Gasteiger partial charge in [0.15, 0.2) is 0 Å². The first-order valence-electron chi connectivity index (χ1n) is 5.64. The summed E-state index contributed by atoms with van der Waals surface area (Å²) in [4.78, 5) is 14.4. The summed E-state index contributed by atoms with van der Waals surface area (Å²) in [6.07, 6.45) is 2.16. The molecular formula is C13H13BrN2O.